The monoisotopic (exact) mass is 793 g/mol. The zero-order chi connectivity index (χ0) is 30.5. The molecule has 41 heavy (non-hydrogen) atoms. The van der Waals surface area contributed by atoms with E-state index in [2.05, 4.69) is 49.8 Å². The van der Waals surface area contributed by atoms with Crippen molar-refractivity contribution in [1.29, 1.82) is 0 Å². The van der Waals surface area contributed by atoms with Crippen molar-refractivity contribution in [3.63, 3.8) is 0 Å². The van der Waals surface area contributed by atoms with Gasteiger partial charge in [0.2, 0.25) is 0 Å². The first-order chi connectivity index (χ1) is 20.1. The van der Waals surface area contributed by atoms with E-state index in [4.69, 9.17) is 0 Å². The van der Waals surface area contributed by atoms with Gasteiger partial charge in [-0.3, -0.25) is 0 Å². The van der Waals surface area contributed by atoms with Gasteiger partial charge in [0.05, 0.1) is 0 Å². The Balaban J connectivity index is 6.57. The van der Waals surface area contributed by atoms with E-state index in [1.165, 1.54) is 122 Å². The van der Waals surface area contributed by atoms with E-state index < -0.39 is 37.3 Å². The summed E-state index contributed by atoms with van der Waals surface area (Å²) in [6.07, 6.45) is 35.7. The van der Waals surface area contributed by atoms with Gasteiger partial charge in [0, 0.05) is 0 Å². The molecule has 0 radical (unpaired) electrons. The van der Waals surface area contributed by atoms with Crippen LogP contribution < -0.4 is 0 Å². The molecule has 0 saturated heterocycles. The molecule has 0 spiro atoms. The summed E-state index contributed by atoms with van der Waals surface area (Å²) in [7, 11) is 0. The Bertz CT molecular complexity index is 416. The van der Waals surface area contributed by atoms with E-state index in [9.17, 15) is 0 Å². The summed E-state index contributed by atoms with van der Waals surface area (Å²) < 4.78 is 14.0. The number of rotatable bonds is 33. The van der Waals surface area contributed by atoms with E-state index in [0.29, 0.717) is 0 Å². The number of hydrogen-bond acceptors (Lipinski definition) is 1. The number of unbranched alkanes of at least 4 members (excludes halogenated alkanes) is 18. The molecule has 248 valence electrons. The summed E-state index contributed by atoms with van der Waals surface area (Å²) in [5.41, 5.74) is 0. The van der Waals surface area contributed by atoms with E-state index in [-0.39, 0.29) is 0 Å². The van der Waals surface area contributed by atoms with Crippen LogP contribution in [-0.4, -0.2) is 45.2 Å². The van der Waals surface area contributed by atoms with Gasteiger partial charge in [0.15, 0.2) is 0 Å². The second kappa shape index (κ2) is 30.2. The zero-order valence-electron chi connectivity index (χ0n) is 30.4. The first kappa shape index (κ1) is 42.6. The first-order valence-corrected chi connectivity index (χ1v) is 34.5. The summed E-state index contributed by atoms with van der Waals surface area (Å²) >= 11 is -5.03. The van der Waals surface area contributed by atoms with Crippen LogP contribution in [-0.2, 0) is 0 Å². The molecule has 0 amide bonds. The fraction of sp³-hybridized carbons (Fsp3) is 1.00. The van der Waals surface area contributed by atoms with Crippen molar-refractivity contribution in [1.82, 2.24) is 1.34 Å². The third kappa shape index (κ3) is 19.6. The van der Waals surface area contributed by atoms with Gasteiger partial charge in [-0.1, -0.05) is 0 Å². The average molecular weight is 792 g/mol. The topological polar surface area (TPSA) is 3.24 Å². The van der Waals surface area contributed by atoms with Crippen LogP contribution in [0.15, 0.2) is 0 Å². The molecule has 0 aliphatic carbocycles. The van der Waals surface area contributed by atoms with Crippen LogP contribution in [0.1, 0.15) is 203 Å². The summed E-state index contributed by atoms with van der Waals surface area (Å²) in [5, 5.41) is 0. The summed E-state index contributed by atoms with van der Waals surface area (Å²) in [6.45, 7) is 18.6. The van der Waals surface area contributed by atoms with Crippen LogP contribution >= 0.6 is 0 Å². The molecule has 0 saturated carbocycles. The molecule has 0 unspecified atom stereocenters. The summed E-state index contributed by atoms with van der Waals surface area (Å²) in [5.74, 6) is 0. The van der Waals surface area contributed by atoms with Crippen LogP contribution in [0.4, 0.5) is 0 Å². The maximum absolute atomic E-state index is 3.71. The molecule has 0 aliphatic rings. The van der Waals surface area contributed by atoms with Crippen molar-refractivity contribution >= 4 is 37.3 Å². The van der Waals surface area contributed by atoms with Gasteiger partial charge in [0.25, 0.3) is 0 Å². The molecule has 0 aromatic rings. The Hall–Kier alpha value is 1.56. The normalized spacial score (nSPS) is 12.6. The van der Waals surface area contributed by atoms with Crippen molar-refractivity contribution in [3.8, 4) is 0 Å². The molecule has 1 nitrogen and oxygen atoms in total. The van der Waals surface area contributed by atoms with Gasteiger partial charge < -0.3 is 0 Å². The quantitative estimate of drug-likeness (QED) is 0.0473. The Morgan fingerprint density at radius 1 is 0.268 bits per heavy atom. The van der Waals surface area contributed by atoms with Crippen molar-refractivity contribution in [2.45, 2.75) is 229 Å². The van der Waals surface area contributed by atoms with Crippen molar-refractivity contribution < 1.29 is 0 Å². The fourth-order valence-electron chi connectivity index (χ4n) is 8.02. The Kier molecular flexibility index (Phi) is 31.4. The number of hydrogen-bond donors (Lipinski definition) is 0. The van der Waals surface area contributed by atoms with Crippen LogP contribution in [0.25, 0.3) is 0 Å². The van der Waals surface area contributed by atoms with E-state index >= 15 is 0 Å². The Morgan fingerprint density at radius 2 is 0.463 bits per heavy atom. The van der Waals surface area contributed by atoms with Crippen LogP contribution in [0.3, 0.4) is 0 Å². The predicted molar refractivity (Wildman–Crippen MR) is 198 cm³/mol. The zero-order valence-corrected chi connectivity index (χ0v) is 36.1. The molecule has 0 heterocycles. The van der Waals surface area contributed by atoms with Gasteiger partial charge >= 0.3 is 274 Å². The Labute approximate surface area is 272 Å². The standard InChI is InChI=1S/6C6H13.C2H5N.2Sn/c6*1-3-5-6-4-2;1-2-3;;/h6*1,3-6H2,2H3;2H2,1H3;;. The molecule has 0 N–H and O–H groups in total. The maximum atomic E-state index is 3.71. The van der Waals surface area contributed by atoms with Crippen LogP contribution in [0.5, 0.6) is 0 Å². The third-order valence-corrected chi connectivity index (χ3v) is 58.9. The van der Waals surface area contributed by atoms with E-state index in [1.54, 1.807) is 65.1 Å². The minimum absolute atomic E-state index is 1.39. The van der Waals surface area contributed by atoms with E-state index in [1.807, 2.05) is 0 Å². The summed E-state index contributed by atoms with van der Waals surface area (Å²) in [4.78, 5) is 0. The van der Waals surface area contributed by atoms with Crippen LogP contribution in [0, 0.1) is 0 Å². The van der Waals surface area contributed by atoms with Crippen molar-refractivity contribution in [2.75, 3.05) is 6.54 Å². The molecular formula is C38H83NSn2. The second-order valence-corrected chi connectivity index (χ2v) is 43.3. The number of nitrogens with zero attached hydrogens (tertiary/aromatic N) is 1. The van der Waals surface area contributed by atoms with Gasteiger partial charge in [-0.15, -0.1) is 0 Å². The fourth-order valence-corrected chi connectivity index (χ4v) is 71.3. The van der Waals surface area contributed by atoms with Gasteiger partial charge in [-0.05, 0) is 0 Å². The molecular weight excluding hydrogens is 708 g/mol. The summed E-state index contributed by atoms with van der Waals surface area (Å²) in [6, 6.07) is 0. The SMILES string of the molecule is CCCCC[CH2][Sn]([CH2]CCCCC)([CH2]CCCCC)[N](CC)[Sn]([CH2]CCCCC)([CH2]CCCCC)[CH2]CCCCC. The molecule has 0 aromatic heterocycles. The van der Waals surface area contributed by atoms with Gasteiger partial charge in [-0.2, -0.15) is 0 Å². The molecule has 0 fully saturated rings. The molecule has 0 aliphatic heterocycles. The minimum atomic E-state index is -2.51. The van der Waals surface area contributed by atoms with Crippen LogP contribution in [0.2, 0.25) is 26.6 Å². The predicted octanol–water partition coefficient (Wildman–Crippen LogP) is 14.7. The van der Waals surface area contributed by atoms with Gasteiger partial charge in [-0.25, -0.2) is 0 Å². The van der Waals surface area contributed by atoms with Gasteiger partial charge in [0.1, 0.15) is 0 Å². The molecule has 0 rings (SSSR count). The third-order valence-electron chi connectivity index (χ3n) is 10.4. The molecule has 3 heteroatoms. The molecule has 0 aromatic carbocycles. The van der Waals surface area contributed by atoms with Crippen molar-refractivity contribution in [2.24, 2.45) is 0 Å². The Morgan fingerprint density at radius 3 is 0.610 bits per heavy atom. The van der Waals surface area contributed by atoms with Crippen molar-refractivity contribution in [3.05, 3.63) is 0 Å². The average Bonchev–Trinajstić information content (AvgIpc) is 2.98. The first-order valence-electron chi connectivity index (χ1n) is 19.8. The van der Waals surface area contributed by atoms with E-state index in [0.717, 1.165) is 0 Å². The second-order valence-electron chi connectivity index (χ2n) is 14.1. The molecule has 0 atom stereocenters. The molecule has 0 bridgehead atoms.